The molecule has 2 amide bonds. The van der Waals surface area contributed by atoms with Crippen molar-refractivity contribution in [3.63, 3.8) is 0 Å². The van der Waals surface area contributed by atoms with E-state index in [2.05, 4.69) is 10.6 Å². The zero-order chi connectivity index (χ0) is 20.2. The Labute approximate surface area is 171 Å². The van der Waals surface area contributed by atoms with Gasteiger partial charge in [0.1, 0.15) is 0 Å². The lowest BCUT2D eigenvalue weighted by atomic mass is 10.1. The molecule has 0 aliphatic heterocycles. The van der Waals surface area contributed by atoms with Crippen LogP contribution in [0.4, 0.5) is 5.69 Å². The van der Waals surface area contributed by atoms with Crippen LogP contribution >= 0.6 is 12.2 Å². The highest BCUT2D eigenvalue weighted by Crippen LogP contribution is 2.22. The first-order chi connectivity index (χ1) is 13.5. The maximum Gasteiger partial charge on any atom is 0.257 e. The Morgan fingerprint density at radius 1 is 0.929 bits per heavy atom. The number of hydrogen-bond donors (Lipinski definition) is 2. The van der Waals surface area contributed by atoms with Crippen molar-refractivity contribution in [2.75, 3.05) is 18.5 Å². The van der Waals surface area contributed by atoms with E-state index in [4.69, 9.17) is 17.0 Å². The Kier molecular flexibility index (Phi) is 9.15. The maximum atomic E-state index is 12.1. The van der Waals surface area contributed by atoms with E-state index in [1.807, 2.05) is 54.6 Å². The van der Waals surface area contributed by atoms with Crippen LogP contribution in [0.3, 0.4) is 0 Å². The van der Waals surface area contributed by atoms with Gasteiger partial charge in [0.25, 0.3) is 5.91 Å². The van der Waals surface area contributed by atoms with Crippen LogP contribution in [0.15, 0.2) is 54.6 Å². The third kappa shape index (κ3) is 8.31. The normalized spacial score (nSPS) is 10.2. The summed E-state index contributed by atoms with van der Waals surface area (Å²) in [6, 6.07) is 17.9. The molecule has 0 aliphatic carbocycles. The van der Waals surface area contributed by atoms with Gasteiger partial charge in [-0.3, -0.25) is 9.59 Å². The number of ether oxygens (including phenoxy) is 1. The average molecular weight is 399 g/mol. The molecule has 2 N–H and O–H groups in total. The van der Waals surface area contributed by atoms with Crippen molar-refractivity contribution in [1.82, 2.24) is 5.32 Å². The van der Waals surface area contributed by atoms with E-state index in [1.54, 1.807) is 6.92 Å². The Morgan fingerprint density at radius 3 is 2.43 bits per heavy atom. The van der Waals surface area contributed by atoms with Crippen molar-refractivity contribution in [1.29, 1.82) is 0 Å². The molecular formula is C22H26N2O3S. The number of anilines is 1. The van der Waals surface area contributed by atoms with E-state index in [0.717, 1.165) is 36.1 Å². The van der Waals surface area contributed by atoms with Gasteiger partial charge in [0.2, 0.25) is 5.91 Å². The van der Waals surface area contributed by atoms with Gasteiger partial charge in [-0.25, -0.2) is 0 Å². The summed E-state index contributed by atoms with van der Waals surface area (Å²) < 4.78 is 4.97. The molecule has 0 unspecified atom stereocenters. The third-order valence-electron chi connectivity index (χ3n) is 4.06. The largest absolute Gasteiger partial charge is 0.478 e. The zero-order valence-electron chi connectivity index (χ0n) is 16.1. The third-order valence-corrected chi connectivity index (χ3v) is 4.18. The van der Waals surface area contributed by atoms with Crippen molar-refractivity contribution in [3.05, 3.63) is 54.6 Å². The van der Waals surface area contributed by atoms with E-state index in [0.29, 0.717) is 18.0 Å². The second-order valence-corrected chi connectivity index (χ2v) is 7.01. The predicted molar refractivity (Wildman–Crippen MR) is 116 cm³/mol. The lowest BCUT2D eigenvalue weighted by Crippen LogP contribution is -2.29. The highest BCUT2D eigenvalue weighted by molar-refractivity contribution is 7.80. The average Bonchev–Trinajstić information content (AvgIpc) is 2.70. The summed E-state index contributed by atoms with van der Waals surface area (Å²) in [5.74, 6) is -0.181. The lowest BCUT2D eigenvalue weighted by Gasteiger charge is -2.08. The van der Waals surface area contributed by atoms with Gasteiger partial charge in [-0.1, -0.05) is 48.9 Å². The van der Waals surface area contributed by atoms with Crippen molar-refractivity contribution < 1.29 is 14.3 Å². The second kappa shape index (κ2) is 11.9. The van der Waals surface area contributed by atoms with Crippen LogP contribution in [0.25, 0.3) is 11.1 Å². The molecule has 0 saturated carbocycles. The molecule has 5 nitrogen and oxygen atoms in total. The molecule has 0 bridgehead atoms. The topological polar surface area (TPSA) is 67.4 Å². The number of thiocarbonyl (C=S) groups is 1. The minimum Gasteiger partial charge on any atom is -0.478 e. The molecule has 2 aromatic carbocycles. The molecule has 2 rings (SSSR count). The minimum atomic E-state index is -0.180. The Balaban J connectivity index is 1.64. The first-order valence-electron chi connectivity index (χ1n) is 9.40. The molecule has 0 spiro atoms. The molecule has 0 fully saturated rings. The van der Waals surface area contributed by atoms with Gasteiger partial charge in [0.15, 0.2) is 11.7 Å². The summed E-state index contributed by atoms with van der Waals surface area (Å²) in [6.45, 7) is 2.16. The standard InChI is InChI=1S/C22H26N2O3S/c1-17(28)27-16-22(26)23-14-7-3-6-13-21(25)24-20-12-8-11-19(15-20)18-9-4-2-5-10-18/h2,4-5,8-12,15H,3,6-7,13-14,16H2,1H3,(H,23,26)(H,24,25). The highest BCUT2D eigenvalue weighted by Gasteiger charge is 2.05. The second-order valence-electron chi connectivity index (χ2n) is 6.44. The summed E-state index contributed by atoms with van der Waals surface area (Å²) in [5, 5.41) is 6.07. The molecule has 0 atom stereocenters. The van der Waals surface area contributed by atoms with Gasteiger partial charge >= 0.3 is 0 Å². The number of hydrogen-bond acceptors (Lipinski definition) is 4. The number of carbonyl (C=O) groups is 2. The fourth-order valence-corrected chi connectivity index (χ4v) is 2.72. The van der Waals surface area contributed by atoms with Gasteiger partial charge in [-0.05, 0) is 48.3 Å². The number of carbonyl (C=O) groups excluding carboxylic acids is 2. The molecule has 0 radical (unpaired) electrons. The van der Waals surface area contributed by atoms with Crippen molar-refractivity contribution in [2.24, 2.45) is 0 Å². The maximum absolute atomic E-state index is 12.1. The summed E-state index contributed by atoms with van der Waals surface area (Å²) >= 11 is 4.75. The molecular weight excluding hydrogens is 372 g/mol. The smallest absolute Gasteiger partial charge is 0.257 e. The van der Waals surface area contributed by atoms with Gasteiger partial charge < -0.3 is 15.4 Å². The van der Waals surface area contributed by atoms with E-state index in [1.165, 1.54) is 0 Å². The minimum absolute atomic E-state index is 0.000828. The van der Waals surface area contributed by atoms with Crippen molar-refractivity contribution >= 4 is 34.8 Å². The van der Waals surface area contributed by atoms with Crippen LogP contribution in [0, 0.1) is 0 Å². The Bertz CT molecular complexity index is 793. The quantitative estimate of drug-likeness (QED) is 0.462. The molecule has 28 heavy (non-hydrogen) atoms. The number of benzene rings is 2. The van der Waals surface area contributed by atoms with Gasteiger partial charge in [0, 0.05) is 25.6 Å². The molecule has 0 aromatic heterocycles. The zero-order valence-corrected chi connectivity index (χ0v) is 16.9. The molecule has 0 heterocycles. The van der Waals surface area contributed by atoms with Gasteiger partial charge in [-0.15, -0.1) is 0 Å². The molecule has 2 aromatic rings. The van der Waals surface area contributed by atoms with E-state index >= 15 is 0 Å². The Morgan fingerprint density at radius 2 is 1.68 bits per heavy atom. The predicted octanol–water partition coefficient (Wildman–Crippen LogP) is 4.33. The molecule has 6 heteroatoms. The number of amides is 2. The number of unbranched alkanes of at least 4 members (excludes halogenated alkanes) is 2. The van der Waals surface area contributed by atoms with Crippen molar-refractivity contribution in [2.45, 2.75) is 32.6 Å². The van der Waals surface area contributed by atoms with Crippen LogP contribution < -0.4 is 10.6 Å². The van der Waals surface area contributed by atoms with E-state index in [-0.39, 0.29) is 18.4 Å². The summed E-state index contributed by atoms with van der Waals surface area (Å²) in [7, 11) is 0. The lowest BCUT2D eigenvalue weighted by molar-refractivity contribution is -0.123. The highest BCUT2D eigenvalue weighted by atomic mass is 32.1. The van der Waals surface area contributed by atoms with Crippen LogP contribution in [0.1, 0.15) is 32.6 Å². The number of rotatable bonds is 10. The first-order valence-corrected chi connectivity index (χ1v) is 9.81. The van der Waals surface area contributed by atoms with Crippen molar-refractivity contribution in [3.8, 4) is 11.1 Å². The Hall–Kier alpha value is -2.73. The van der Waals surface area contributed by atoms with E-state index in [9.17, 15) is 9.59 Å². The van der Waals surface area contributed by atoms with Crippen LogP contribution in [0.2, 0.25) is 0 Å². The van der Waals surface area contributed by atoms with Gasteiger partial charge in [-0.2, -0.15) is 0 Å². The van der Waals surface area contributed by atoms with Crippen LogP contribution in [-0.2, 0) is 14.3 Å². The first kappa shape index (κ1) is 21.6. The van der Waals surface area contributed by atoms with Gasteiger partial charge in [0.05, 0.1) is 0 Å². The molecule has 0 aliphatic rings. The fraction of sp³-hybridized carbons (Fsp3) is 0.318. The fourth-order valence-electron chi connectivity index (χ4n) is 2.66. The summed E-state index contributed by atoms with van der Waals surface area (Å²) in [4.78, 5) is 23.6. The molecule has 148 valence electrons. The molecule has 0 saturated heterocycles. The summed E-state index contributed by atoms with van der Waals surface area (Å²) in [6.07, 6.45) is 2.91. The van der Waals surface area contributed by atoms with Crippen LogP contribution in [0.5, 0.6) is 0 Å². The van der Waals surface area contributed by atoms with E-state index < -0.39 is 0 Å². The van der Waals surface area contributed by atoms with Crippen LogP contribution in [-0.4, -0.2) is 30.0 Å². The number of nitrogens with one attached hydrogen (secondary N) is 2. The summed E-state index contributed by atoms with van der Waals surface area (Å²) in [5.41, 5.74) is 2.99. The SMILES string of the molecule is CC(=S)OCC(=O)NCCCCCC(=O)Nc1cccc(-c2ccccc2)c1. The monoisotopic (exact) mass is 398 g/mol.